The first kappa shape index (κ1) is 14.8. The fourth-order valence-corrected chi connectivity index (χ4v) is 3.08. The van der Waals surface area contributed by atoms with Gasteiger partial charge in [0.15, 0.2) is 0 Å². The first-order valence-corrected chi connectivity index (χ1v) is 7.40. The third-order valence-corrected chi connectivity index (χ3v) is 4.50. The molecule has 0 spiro atoms. The van der Waals surface area contributed by atoms with E-state index < -0.39 is 5.97 Å². The Labute approximate surface area is 122 Å². The number of hydrogen-bond acceptors (Lipinski definition) is 4. The van der Waals surface area contributed by atoms with E-state index in [0.29, 0.717) is 5.00 Å². The number of rotatable bonds is 3. The number of urea groups is 1. The highest BCUT2D eigenvalue weighted by Crippen LogP contribution is 2.24. The largest absolute Gasteiger partial charge is 0.478 e. The SMILES string of the molecule is CN1CCC(N(C)C(=O)Nc2sccc2C(=O)O)CC1. The molecule has 0 aromatic carbocycles. The smallest absolute Gasteiger partial charge is 0.338 e. The maximum atomic E-state index is 12.2. The molecule has 0 bridgehead atoms. The van der Waals surface area contributed by atoms with Crippen molar-refractivity contribution in [3.63, 3.8) is 0 Å². The second-order valence-corrected chi connectivity index (χ2v) is 5.96. The summed E-state index contributed by atoms with van der Waals surface area (Å²) in [5.41, 5.74) is 0.139. The Hall–Kier alpha value is -1.60. The van der Waals surface area contributed by atoms with Crippen LogP contribution in [0.1, 0.15) is 23.2 Å². The highest BCUT2D eigenvalue weighted by Gasteiger charge is 2.25. The molecule has 1 aliphatic rings. The number of nitrogens with one attached hydrogen (secondary N) is 1. The number of amides is 2. The number of nitrogens with zero attached hydrogens (tertiary/aromatic N) is 2. The van der Waals surface area contributed by atoms with E-state index in [4.69, 9.17) is 5.11 Å². The Bertz CT molecular complexity index is 495. The first-order chi connectivity index (χ1) is 9.49. The zero-order valence-corrected chi connectivity index (χ0v) is 12.4. The molecule has 0 saturated carbocycles. The predicted octanol–water partition coefficient (Wildman–Crippen LogP) is 2.00. The third-order valence-electron chi connectivity index (χ3n) is 3.67. The number of hydrogen-bond donors (Lipinski definition) is 2. The first-order valence-electron chi connectivity index (χ1n) is 6.52. The number of thiophene rings is 1. The summed E-state index contributed by atoms with van der Waals surface area (Å²) in [4.78, 5) is 27.1. The van der Waals surface area contributed by atoms with Crippen LogP contribution in [0.2, 0.25) is 0 Å². The van der Waals surface area contributed by atoms with Gasteiger partial charge in [0, 0.05) is 13.1 Å². The molecule has 6 nitrogen and oxygen atoms in total. The van der Waals surface area contributed by atoms with E-state index in [2.05, 4.69) is 17.3 Å². The van der Waals surface area contributed by atoms with Crippen LogP contribution >= 0.6 is 11.3 Å². The Kier molecular flexibility index (Phi) is 4.61. The molecule has 1 aromatic heterocycles. The van der Waals surface area contributed by atoms with Gasteiger partial charge in [0.05, 0.1) is 5.56 Å². The van der Waals surface area contributed by atoms with Gasteiger partial charge in [0.2, 0.25) is 0 Å². The monoisotopic (exact) mass is 297 g/mol. The number of anilines is 1. The molecule has 7 heteroatoms. The molecule has 0 atom stereocenters. The van der Waals surface area contributed by atoms with Gasteiger partial charge in [-0.2, -0.15) is 0 Å². The van der Waals surface area contributed by atoms with Gasteiger partial charge < -0.3 is 14.9 Å². The van der Waals surface area contributed by atoms with Crippen LogP contribution in [0.25, 0.3) is 0 Å². The number of carbonyl (C=O) groups is 2. The van der Waals surface area contributed by atoms with Gasteiger partial charge in [-0.3, -0.25) is 5.32 Å². The molecule has 1 fully saturated rings. The quantitative estimate of drug-likeness (QED) is 0.895. The molecule has 2 heterocycles. The highest BCUT2D eigenvalue weighted by molar-refractivity contribution is 7.14. The Morgan fingerprint density at radius 1 is 1.45 bits per heavy atom. The molecular weight excluding hydrogens is 278 g/mol. The van der Waals surface area contributed by atoms with Crippen LogP contribution in [0.5, 0.6) is 0 Å². The standard InChI is InChI=1S/C13H19N3O3S/c1-15-6-3-9(4-7-15)16(2)13(19)14-11-10(12(17)18)5-8-20-11/h5,8-9H,3-4,6-7H2,1-2H3,(H,14,19)(H,17,18). The van der Waals surface area contributed by atoms with E-state index in [1.165, 1.54) is 17.4 Å². The van der Waals surface area contributed by atoms with Crippen molar-refractivity contribution in [3.8, 4) is 0 Å². The van der Waals surface area contributed by atoms with Crippen molar-refractivity contribution in [1.82, 2.24) is 9.80 Å². The van der Waals surface area contributed by atoms with Gasteiger partial charge in [0.1, 0.15) is 5.00 Å². The highest BCUT2D eigenvalue weighted by atomic mass is 32.1. The zero-order valence-electron chi connectivity index (χ0n) is 11.6. The predicted molar refractivity (Wildman–Crippen MR) is 78.6 cm³/mol. The van der Waals surface area contributed by atoms with Crippen LogP contribution in [-0.2, 0) is 0 Å². The zero-order chi connectivity index (χ0) is 14.7. The normalized spacial score (nSPS) is 16.9. The van der Waals surface area contributed by atoms with Crippen molar-refractivity contribution in [1.29, 1.82) is 0 Å². The maximum Gasteiger partial charge on any atom is 0.338 e. The molecule has 20 heavy (non-hydrogen) atoms. The third kappa shape index (κ3) is 3.29. The summed E-state index contributed by atoms with van der Waals surface area (Å²) in [5.74, 6) is -1.02. The van der Waals surface area contributed by atoms with Gasteiger partial charge in [0.25, 0.3) is 0 Å². The number of carboxylic acids is 1. The second-order valence-electron chi connectivity index (χ2n) is 5.04. The van der Waals surface area contributed by atoms with Crippen LogP contribution < -0.4 is 5.32 Å². The summed E-state index contributed by atoms with van der Waals surface area (Å²) in [5, 5.41) is 13.8. The second kappa shape index (κ2) is 6.23. The van der Waals surface area contributed by atoms with Gasteiger partial charge in [-0.15, -0.1) is 11.3 Å². The Morgan fingerprint density at radius 2 is 2.10 bits per heavy atom. The Morgan fingerprint density at radius 3 is 2.70 bits per heavy atom. The summed E-state index contributed by atoms with van der Waals surface area (Å²) in [6, 6.07) is 1.46. The number of likely N-dealkylation sites (tertiary alicyclic amines) is 1. The van der Waals surface area contributed by atoms with E-state index in [9.17, 15) is 9.59 Å². The van der Waals surface area contributed by atoms with Crippen molar-refractivity contribution in [2.45, 2.75) is 18.9 Å². The number of carbonyl (C=O) groups excluding carboxylic acids is 1. The molecule has 1 aromatic rings. The average Bonchev–Trinajstić information content (AvgIpc) is 2.87. The van der Waals surface area contributed by atoms with E-state index in [-0.39, 0.29) is 17.6 Å². The molecule has 0 unspecified atom stereocenters. The van der Waals surface area contributed by atoms with Crippen molar-refractivity contribution in [2.24, 2.45) is 0 Å². The van der Waals surface area contributed by atoms with Crippen LogP contribution in [0.4, 0.5) is 9.80 Å². The Balaban J connectivity index is 1.97. The molecule has 1 saturated heterocycles. The summed E-state index contributed by atoms with van der Waals surface area (Å²) >= 11 is 1.22. The van der Waals surface area contributed by atoms with Gasteiger partial charge >= 0.3 is 12.0 Å². The minimum absolute atomic E-state index is 0.139. The van der Waals surface area contributed by atoms with E-state index >= 15 is 0 Å². The minimum Gasteiger partial charge on any atom is -0.478 e. The lowest BCUT2D eigenvalue weighted by Gasteiger charge is -2.34. The number of carboxylic acid groups (broad SMARTS) is 1. The van der Waals surface area contributed by atoms with Crippen molar-refractivity contribution in [3.05, 3.63) is 17.0 Å². The van der Waals surface area contributed by atoms with Crippen LogP contribution in [-0.4, -0.2) is 60.1 Å². The molecule has 0 radical (unpaired) electrons. The van der Waals surface area contributed by atoms with Gasteiger partial charge in [-0.25, -0.2) is 9.59 Å². The number of aromatic carboxylic acids is 1. The van der Waals surface area contributed by atoms with Crippen LogP contribution in [0, 0.1) is 0 Å². The lowest BCUT2D eigenvalue weighted by molar-refractivity contribution is 0.0698. The summed E-state index contributed by atoms with van der Waals surface area (Å²) in [7, 11) is 3.83. The topological polar surface area (TPSA) is 72.9 Å². The molecule has 2 rings (SSSR count). The van der Waals surface area contributed by atoms with Crippen LogP contribution in [0.3, 0.4) is 0 Å². The van der Waals surface area contributed by atoms with E-state index in [1.54, 1.807) is 17.3 Å². The fraction of sp³-hybridized carbons (Fsp3) is 0.538. The van der Waals surface area contributed by atoms with E-state index in [1.807, 2.05) is 0 Å². The summed E-state index contributed by atoms with van der Waals surface area (Å²) in [6.07, 6.45) is 1.88. The molecule has 2 N–H and O–H groups in total. The van der Waals surface area contributed by atoms with E-state index in [0.717, 1.165) is 25.9 Å². The lowest BCUT2D eigenvalue weighted by atomic mass is 10.0. The molecule has 110 valence electrons. The maximum absolute atomic E-state index is 12.2. The minimum atomic E-state index is -1.02. The summed E-state index contributed by atoms with van der Waals surface area (Å²) < 4.78 is 0. The van der Waals surface area contributed by atoms with Crippen LogP contribution in [0.15, 0.2) is 11.4 Å². The lowest BCUT2D eigenvalue weighted by Crippen LogP contribution is -2.46. The molecule has 1 aliphatic heterocycles. The fourth-order valence-electron chi connectivity index (χ4n) is 2.31. The number of piperidine rings is 1. The summed E-state index contributed by atoms with van der Waals surface area (Å²) in [6.45, 7) is 1.95. The molecule has 0 aliphatic carbocycles. The van der Waals surface area contributed by atoms with Crippen molar-refractivity contribution in [2.75, 3.05) is 32.5 Å². The van der Waals surface area contributed by atoms with Gasteiger partial charge in [-0.1, -0.05) is 0 Å². The molecular formula is C13H19N3O3S. The van der Waals surface area contributed by atoms with Crippen molar-refractivity contribution >= 4 is 28.3 Å². The van der Waals surface area contributed by atoms with Crippen molar-refractivity contribution < 1.29 is 14.7 Å². The average molecular weight is 297 g/mol. The molecule has 2 amide bonds. The van der Waals surface area contributed by atoms with Gasteiger partial charge in [-0.05, 0) is 44.4 Å².